The molecule has 3 rings (SSSR count). The first-order chi connectivity index (χ1) is 11.2. The monoisotopic (exact) mass is 347 g/mol. The number of hydrogen-bond donors (Lipinski definition) is 2. The van der Waals surface area contributed by atoms with Crippen LogP contribution in [0.15, 0.2) is 29.6 Å². The molecular weight excluding hydrogens is 330 g/mol. The van der Waals surface area contributed by atoms with Gasteiger partial charge in [0.2, 0.25) is 0 Å². The summed E-state index contributed by atoms with van der Waals surface area (Å²) >= 11 is 0.931. The first kappa shape index (κ1) is 16.3. The number of nitrogens with two attached hydrogens (primary N) is 1. The standard InChI is InChI=1S/C16H17N3O4S/c1-16(2)7-12(11-6-10(17)3-4-13(11)23-16)18-15(20)9-5-14(19(21)22)24-8-9/h3-6,8,12H,7,17H2,1-2H3,(H,18,20). The summed E-state index contributed by atoms with van der Waals surface area (Å²) in [7, 11) is 0. The second-order valence-corrected chi connectivity index (χ2v) is 7.21. The first-order valence-electron chi connectivity index (χ1n) is 7.37. The molecule has 1 unspecified atom stereocenters. The van der Waals surface area contributed by atoms with Gasteiger partial charge < -0.3 is 15.8 Å². The van der Waals surface area contributed by atoms with Crippen LogP contribution in [-0.4, -0.2) is 16.4 Å². The molecule has 2 heterocycles. The van der Waals surface area contributed by atoms with Gasteiger partial charge in [-0.05, 0) is 32.0 Å². The molecule has 3 N–H and O–H groups in total. The lowest BCUT2D eigenvalue weighted by Gasteiger charge is -2.38. The minimum Gasteiger partial charge on any atom is -0.487 e. The maximum atomic E-state index is 12.5. The first-order valence-corrected chi connectivity index (χ1v) is 8.25. The normalized spacial score (nSPS) is 18.3. The van der Waals surface area contributed by atoms with Crippen LogP contribution in [0.1, 0.15) is 42.2 Å². The Morgan fingerprint density at radius 3 is 2.88 bits per heavy atom. The van der Waals surface area contributed by atoms with Crippen LogP contribution in [0.5, 0.6) is 5.75 Å². The molecule has 1 aromatic heterocycles. The molecule has 126 valence electrons. The van der Waals surface area contributed by atoms with E-state index in [0.717, 1.165) is 16.9 Å². The summed E-state index contributed by atoms with van der Waals surface area (Å²) in [4.78, 5) is 22.7. The summed E-state index contributed by atoms with van der Waals surface area (Å²) in [6.07, 6.45) is 0.571. The van der Waals surface area contributed by atoms with Crippen molar-refractivity contribution >= 4 is 27.9 Å². The minimum atomic E-state index is -0.505. The fourth-order valence-electron chi connectivity index (χ4n) is 2.78. The Balaban J connectivity index is 1.87. The van der Waals surface area contributed by atoms with E-state index in [-0.39, 0.29) is 22.5 Å². The number of hydrogen-bond acceptors (Lipinski definition) is 6. The van der Waals surface area contributed by atoms with Crippen LogP contribution in [0, 0.1) is 10.1 Å². The molecule has 0 fully saturated rings. The second kappa shape index (κ2) is 5.79. The second-order valence-electron chi connectivity index (χ2n) is 6.32. The van der Waals surface area contributed by atoms with E-state index in [2.05, 4.69) is 5.32 Å². The molecule has 24 heavy (non-hydrogen) atoms. The number of fused-ring (bicyclic) bond motifs is 1. The molecule has 1 atom stereocenters. The van der Waals surface area contributed by atoms with Crippen molar-refractivity contribution in [1.82, 2.24) is 5.32 Å². The van der Waals surface area contributed by atoms with Crippen molar-refractivity contribution < 1.29 is 14.5 Å². The number of carbonyl (C=O) groups is 1. The van der Waals surface area contributed by atoms with Crippen molar-refractivity contribution in [2.45, 2.75) is 31.9 Å². The summed E-state index contributed by atoms with van der Waals surface area (Å²) in [5.41, 5.74) is 7.08. The summed E-state index contributed by atoms with van der Waals surface area (Å²) in [5, 5.41) is 15.1. The third kappa shape index (κ3) is 3.18. The lowest BCUT2D eigenvalue weighted by molar-refractivity contribution is -0.380. The van der Waals surface area contributed by atoms with Crippen molar-refractivity contribution in [2.24, 2.45) is 0 Å². The van der Waals surface area contributed by atoms with Gasteiger partial charge >= 0.3 is 5.00 Å². The third-order valence-electron chi connectivity index (χ3n) is 3.82. The van der Waals surface area contributed by atoms with Crippen LogP contribution >= 0.6 is 11.3 Å². The van der Waals surface area contributed by atoms with Gasteiger partial charge in [-0.3, -0.25) is 14.9 Å². The molecule has 8 heteroatoms. The molecule has 1 amide bonds. The highest BCUT2D eigenvalue weighted by atomic mass is 32.1. The minimum absolute atomic E-state index is 0.0582. The number of carbonyl (C=O) groups excluding carboxylic acids is 1. The van der Waals surface area contributed by atoms with E-state index in [1.165, 1.54) is 11.4 Å². The fraction of sp³-hybridized carbons (Fsp3) is 0.312. The lowest BCUT2D eigenvalue weighted by atomic mass is 9.89. The van der Waals surface area contributed by atoms with Gasteiger partial charge in [0.25, 0.3) is 5.91 Å². The Labute approximate surface area is 142 Å². The Morgan fingerprint density at radius 2 is 2.21 bits per heavy atom. The summed E-state index contributed by atoms with van der Waals surface area (Å²) in [6.45, 7) is 3.89. The van der Waals surface area contributed by atoms with E-state index >= 15 is 0 Å². The molecule has 2 aromatic rings. The van der Waals surface area contributed by atoms with Crippen molar-refractivity contribution in [3.63, 3.8) is 0 Å². The molecule has 0 bridgehead atoms. The Hall–Kier alpha value is -2.61. The fourth-order valence-corrected chi connectivity index (χ4v) is 3.49. The van der Waals surface area contributed by atoms with Crippen LogP contribution in [0.2, 0.25) is 0 Å². The summed E-state index contributed by atoms with van der Waals surface area (Å²) in [5.74, 6) is 0.331. The molecule has 0 aliphatic carbocycles. The number of nitrogen functional groups attached to an aromatic ring is 1. The number of amides is 1. The molecule has 0 radical (unpaired) electrons. The zero-order valence-corrected chi connectivity index (χ0v) is 14.1. The number of nitrogens with one attached hydrogen (secondary N) is 1. The van der Waals surface area contributed by atoms with Crippen molar-refractivity contribution in [1.29, 1.82) is 0 Å². The zero-order valence-electron chi connectivity index (χ0n) is 13.2. The topological polar surface area (TPSA) is 107 Å². The summed E-state index contributed by atoms with van der Waals surface area (Å²) < 4.78 is 5.93. The van der Waals surface area contributed by atoms with E-state index in [1.807, 2.05) is 13.8 Å². The number of rotatable bonds is 3. The van der Waals surface area contributed by atoms with Crippen LogP contribution in [-0.2, 0) is 0 Å². The Bertz CT molecular complexity index is 815. The number of ether oxygens (including phenoxy) is 1. The molecule has 1 aromatic carbocycles. The molecular formula is C16H17N3O4S. The number of thiophene rings is 1. The Kier molecular flexibility index (Phi) is 3.92. The quantitative estimate of drug-likeness (QED) is 0.503. The zero-order chi connectivity index (χ0) is 17.5. The van der Waals surface area contributed by atoms with Gasteiger partial charge in [-0.1, -0.05) is 11.3 Å². The van der Waals surface area contributed by atoms with Gasteiger partial charge in [-0.25, -0.2) is 0 Å². The van der Waals surface area contributed by atoms with Crippen LogP contribution < -0.4 is 15.8 Å². The van der Waals surface area contributed by atoms with Crippen molar-refractivity contribution in [3.05, 3.63) is 50.9 Å². The molecule has 1 aliphatic rings. The van der Waals surface area contributed by atoms with Gasteiger partial charge in [0.1, 0.15) is 11.4 Å². The number of anilines is 1. The lowest BCUT2D eigenvalue weighted by Crippen LogP contribution is -2.41. The van der Waals surface area contributed by atoms with Crippen LogP contribution in [0.4, 0.5) is 10.7 Å². The van der Waals surface area contributed by atoms with E-state index in [4.69, 9.17) is 10.5 Å². The highest BCUT2D eigenvalue weighted by molar-refractivity contribution is 7.13. The predicted octanol–water partition coefficient (Wildman–Crippen LogP) is 3.27. The number of nitrogens with zero attached hydrogens (tertiary/aromatic N) is 1. The average molecular weight is 347 g/mol. The van der Waals surface area contributed by atoms with E-state index < -0.39 is 10.5 Å². The average Bonchev–Trinajstić information content (AvgIpc) is 2.97. The van der Waals surface area contributed by atoms with Gasteiger partial charge in [-0.15, -0.1) is 0 Å². The maximum Gasteiger partial charge on any atom is 0.324 e. The van der Waals surface area contributed by atoms with Gasteiger partial charge in [0.15, 0.2) is 0 Å². The van der Waals surface area contributed by atoms with E-state index in [1.54, 1.807) is 18.2 Å². The number of nitro groups is 1. The smallest absolute Gasteiger partial charge is 0.324 e. The van der Waals surface area contributed by atoms with Gasteiger partial charge in [0.05, 0.1) is 16.5 Å². The predicted molar refractivity (Wildman–Crippen MR) is 91.4 cm³/mol. The van der Waals surface area contributed by atoms with Gasteiger partial charge in [0, 0.05) is 29.1 Å². The third-order valence-corrected chi connectivity index (χ3v) is 4.70. The van der Waals surface area contributed by atoms with E-state index in [0.29, 0.717) is 17.9 Å². The molecule has 0 saturated carbocycles. The van der Waals surface area contributed by atoms with E-state index in [9.17, 15) is 14.9 Å². The summed E-state index contributed by atoms with van der Waals surface area (Å²) in [6, 6.07) is 6.33. The van der Waals surface area contributed by atoms with Crippen LogP contribution in [0.3, 0.4) is 0 Å². The highest BCUT2D eigenvalue weighted by Gasteiger charge is 2.35. The molecule has 0 saturated heterocycles. The SMILES string of the molecule is CC1(C)CC(NC(=O)c2csc([N+](=O)[O-])c2)c2cc(N)ccc2O1. The molecule has 1 aliphatic heterocycles. The van der Waals surface area contributed by atoms with Crippen LogP contribution in [0.25, 0.3) is 0 Å². The highest BCUT2D eigenvalue weighted by Crippen LogP contribution is 2.40. The maximum absolute atomic E-state index is 12.5. The van der Waals surface area contributed by atoms with Gasteiger partial charge in [-0.2, -0.15) is 0 Å². The van der Waals surface area contributed by atoms with Crippen molar-refractivity contribution in [3.8, 4) is 5.75 Å². The molecule has 7 nitrogen and oxygen atoms in total. The number of benzene rings is 1. The Morgan fingerprint density at radius 1 is 1.46 bits per heavy atom. The molecule has 0 spiro atoms. The van der Waals surface area contributed by atoms with Crippen molar-refractivity contribution in [2.75, 3.05) is 5.73 Å². The largest absolute Gasteiger partial charge is 0.487 e.